The molecule has 100 valence electrons. The Morgan fingerprint density at radius 2 is 1.53 bits per heavy atom. The molecule has 0 saturated heterocycles. The van der Waals surface area contributed by atoms with E-state index in [1.807, 2.05) is 36.2 Å². The third kappa shape index (κ3) is 3.51. The highest BCUT2D eigenvalue weighted by molar-refractivity contribution is 5.47. The summed E-state index contributed by atoms with van der Waals surface area (Å²) in [5, 5.41) is 0. The van der Waals surface area contributed by atoms with Crippen LogP contribution in [0.25, 0.3) is 0 Å². The van der Waals surface area contributed by atoms with Gasteiger partial charge in [-0.05, 0) is 35.4 Å². The molecule has 0 bridgehead atoms. The van der Waals surface area contributed by atoms with Crippen molar-refractivity contribution in [2.24, 2.45) is 5.73 Å². The molecule has 0 radical (unpaired) electrons. The molecule has 0 fully saturated rings. The van der Waals surface area contributed by atoms with Crippen LogP contribution in [0.1, 0.15) is 11.1 Å². The second-order valence-corrected chi connectivity index (χ2v) is 4.50. The highest BCUT2D eigenvalue weighted by Crippen LogP contribution is 2.17. The molecule has 2 aromatic rings. The Bertz CT molecular complexity index is 532. The number of hydrogen-bond acceptors (Lipinski definition) is 2. The van der Waals surface area contributed by atoms with Gasteiger partial charge in [-0.2, -0.15) is 0 Å². The van der Waals surface area contributed by atoms with Gasteiger partial charge in [0.15, 0.2) is 0 Å². The van der Waals surface area contributed by atoms with Crippen LogP contribution in [0.3, 0.4) is 0 Å². The van der Waals surface area contributed by atoms with Crippen molar-refractivity contribution in [3.8, 4) is 0 Å². The summed E-state index contributed by atoms with van der Waals surface area (Å²) < 4.78 is 26.2. The van der Waals surface area contributed by atoms with Crippen LogP contribution in [0.15, 0.2) is 42.5 Å². The average molecular weight is 262 g/mol. The van der Waals surface area contributed by atoms with Crippen molar-refractivity contribution < 1.29 is 8.78 Å². The zero-order valence-corrected chi connectivity index (χ0v) is 10.7. The zero-order valence-electron chi connectivity index (χ0n) is 10.7. The summed E-state index contributed by atoms with van der Waals surface area (Å²) in [6, 6.07) is 11.3. The average Bonchev–Trinajstić information content (AvgIpc) is 2.37. The molecule has 2 N–H and O–H groups in total. The number of hydrogen-bond donors (Lipinski definition) is 1. The Morgan fingerprint density at radius 1 is 0.947 bits per heavy atom. The van der Waals surface area contributed by atoms with Crippen molar-refractivity contribution >= 4 is 5.69 Å². The van der Waals surface area contributed by atoms with E-state index >= 15 is 0 Å². The van der Waals surface area contributed by atoms with Gasteiger partial charge < -0.3 is 10.6 Å². The predicted molar refractivity (Wildman–Crippen MR) is 72.8 cm³/mol. The molecule has 0 saturated carbocycles. The zero-order chi connectivity index (χ0) is 13.8. The molecule has 0 spiro atoms. The van der Waals surface area contributed by atoms with Crippen LogP contribution < -0.4 is 10.6 Å². The van der Waals surface area contributed by atoms with E-state index < -0.39 is 11.6 Å². The van der Waals surface area contributed by atoms with Gasteiger partial charge in [0, 0.05) is 31.9 Å². The minimum Gasteiger partial charge on any atom is -0.370 e. The van der Waals surface area contributed by atoms with E-state index in [0.29, 0.717) is 18.7 Å². The summed E-state index contributed by atoms with van der Waals surface area (Å²) in [6.45, 7) is 0.940. The largest absolute Gasteiger partial charge is 0.370 e. The van der Waals surface area contributed by atoms with E-state index in [0.717, 1.165) is 17.3 Å². The van der Waals surface area contributed by atoms with E-state index in [2.05, 4.69) is 0 Å². The molecular formula is C15H16F2N2. The summed E-state index contributed by atoms with van der Waals surface area (Å²) in [5.74, 6) is -1.11. The molecule has 2 rings (SSSR count). The lowest BCUT2D eigenvalue weighted by atomic mass is 10.1. The van der Waals surface area contributed by atoms with Gasteiger partial charge in [0.05, 0.1) is 0 Å². The Hall–Kier alpha value is -1.94. The van der Waals surface area contributed by atoms with Crippen molar-refractivity contribution in [2.45, 2.75) is 13.1 Å². The van der Waals surface area contributed by atoms with Gasteiger partial charge in [-0.3, -0.25) is 0 Å². The molecule has 2 nitrogen and oxygen atoms in total. The lowest BCUT2D eigenvalue weighted by Gasteiger charge is -2.19. The quantitative estimate of drug-likeness (QED) is 0.917. The van der Waals surface area contributed by atoms with Crippen LogP contribution in [-0.2, 0) is 13.1 Å². The summed E-state index contributed by atoms with van der Waals surface area (Å²) in [6.07, 6.45) is 0. The fourth-order valence-corrected chi connectivity index (χ4v) is 1.95. The first-order valence-corrected chi connectivity index (χ1v) is 6.03. The van der Waals surface area contributed by atoms with Crippen LogP contribution >= 0.6 is 0 Å². The van der Waals surface area contributed by atoms with Crippen molar-refractivity contribution in [3.05, 3.63) is 65.2 Å². The Labute approximate surface area is 111 Å². The van der Waals surface area contributed by atoms with E-state index in [1.165, 1.54) is 12.1 Å². The third-order valence-electron chi connectivity index (χ3n) is 2.95. The van der Waals surface area contributed by atoms with Gasteiger partial charge >= 0.3 is 0 Å². The van der Waals surface area contributed by atoms with Crippen molar-refractivity contribution in [1.29, 1.82) is 0 Å². The lowest BCUT2D eigenvalue weighted by Crippen LogP contribution is -2.16. The lowest BCUT2D eigenvalue weighted by molar-refractivity contribution is 0.579. The summed E-state index contributed by atoms with van der Waals surface area (Å²) >= 11 is 0. The summed E-state index contributed by atoms with van der Waals surface area (Å²) in [4.78, 5) is 1.93. The summed E-state index contributed by atoms with van der Waals surface area (Å²) in [5.41, 5.74) is 8.16. The van der Waals surface area contributed by atoms with Crippen molar-refractivity contribution in [2.75, 3.05) is 11.9 Å². The Kier molecular flexibility index (Phi) is 4.12. The molecule has 0 aliphatic rings. The molecular weight excluding hydrogens is 246 g/mol. The highest BCUT2D eigenvalue weighted by Gasteiger charge is 2.05. The van der Waals surface area contributed by atoms with Crippen LogP contribution in [0, 0.1) is 11.6 Å². The van der Waals surface area contributed by atoms with E-state index in [-0.39, 0.29) is 0 Å². The monoisotopic (exact) mass is 262 g/mol. The minimum absolute atomic E-state index is 0.441. The topological polar surface area (TPSA) is 29.3 Å². The van der Waals surface area contributed by atoms with E-state index in [4.69, 9.17) is 5.73 Å². The molecule has 0 aliphatic heterocycles. The van der Waals surface area contributed by atoms with Gasteiger partial charge in [-0.1, -0.05) is 12.1 Å². The smallest absolute Gasteiger partial charge is 0.126 e. The second-order valence-electron chi connectivity index (χ2n) is 4.50. The minimum atomic E-state index is -0.554. The standard InChI is InChI=1S/C15H16F2N2/c1-19(15-4-2-11(9-18)3-5-15)10-12-6-13(16)8-14(17)7-12/h2-8H,9-10,18H2,1H3. The first-order chi connectivity index (χ1) is 9.08. The number of anilines is 1. The normalized spacial score (nSPS) is 10.5. The number of rotatable bonds is 4. The Morgan fingerprint density at radius 3 is 2.05 bits per heavy atom. The van der Waals surface area contributed by atoms with Gasteiger partial charge in [-0.15, -0.1) is 0 Å². The second kappa shape index (κ2) is 5.80. The molecule has 0 aliphatic carbocycles. The maximum atomic E-state index is 13.1. The number of nitrogens with two attached hydrogens (primary N) is 1. The maximum absolute atomic E-state index is 13.1. The number of nitrogens with zero attached hydrogens (tertiary/aromatic N) is 1. The first kappa shape index (κ1) is 13.5. The van der Waals surface area contributed by atoms with Gasteiger partial charge in [0.2, 0.25) is 0 Å². The molecule has 4 heteroatoms. The molecule has 0 atom stereocenters. The predicted octanol–water partition coefficient (Wildman–Crippen LogP) is 3.06. The molecule has 0 aromatic heterocycles. The van der Waals surface area contributed by atoms with E-state index in [9.17, 15) is 8.78 Å². The first-order valence-electron chi connectivity index (χ1n) is 6.03. The third-order valence-corrected chi connectivity index (χ3v) is 2.95. The fraction of sp³-hybridized carbons (Fsp3) is 0.200. The molecule has 0 amide bonds. The summed E-state index contributed by atoms with van der Waals surface area (Å²) in [7, 11) is 1.88. The number of halogens is 2. The molecule has 0 heterocycles. The molecule has 0 unspecified atom stereocenters. The van der Waals surface area contributed by atoms with Crippen LogP contribution in [0.4, 0.5) is 14.5 Å². The maximum Gasteiger partial charge on any atom is 0.126 e. The van der Waals surface area contributed by atoms with Gasteiger partial charge in [0.25, 0.3) is 0 Å². The fourth-order valence-electron chi connectivity index (χ4n) is 1.95. The Balaban J connectivity index is 2.13. The van der Waals surface area contributed by atoms with Crippen LogP contribution in [0.2, 0.25) is 0 Å². The highest BCUT2D eigenvalue weighted by atomic mass is 19.1. The van der Waals surface area contributed by atoms with Crippen LogP contribution in [0.5, 0.6) is 0 Å². The van der Waals surface area contributed by atoms with Crippen molar-refractivity contribution in [3.63, 3.8) is 0 Å². The van der Waals surface area contributed by atoms with Gasteiger partial charge in [0.1, 0.15) is 11.6 Å². The van der Waals surface area contributed by atoms with Crippen LogP contribution in [-0.4, -0.2) is 7.05 Å². The van der Waals surface area contributed by atoms with Gasteiger partial charge in [-0.25, -0.2) is 8.78 Å². The number of benzene rings is 2. The SMILES string of the molecule is CN(Cc1cc(F)cc(F)c1)c1ccc(CN)cc1. The molecule has 19 heavy (non-hydrogen) atoms. The van der Waals surface area contributed by atoms with E-state index in [1.54, 1.807) is 0 Å². The molecule has 2 aromatic carbocycles. The van der Waals surface area contributed by atoms with Crippen molar-refractivity contribution in [1.82, 2.24) is 0 Å².